The van der Waals surface area contributed by atoms with Crippen LogP contribution in [0.5, 0.6) is 0 Å². The third kappa shape index (κ3) is 6.89. The summed E-state index contributed by atoms with van der Waals surface area (Å²) in [7, 11) is 3.49. The second-order valence-corrected chi connectivity index (χ2v) is 13.7. The fraction of sp³-hybridized carbons (Fsp3) is 0.417. The van der Waals surface area contributed by atoms with E-state index in [1.54, 1.807) is 47.1 Å². The summed E-state index contributed by atoms with van der Waals surface area (Å²) in [6, 6.07) is 13.9. The van der Waals surface area contributed by atoms with Crippen molar-refractivity contribution in [2.24, 2.45) is 18.4 Å². The average Bonchev–Trinajstić information content (AvgIpc) is 3.78. The molecule has 3 fully saturated rings. The second-order valence-electron chi connectivity index (χ2n) is 13.7. The van der Waals surface area contributed by atoms with E-state index in [1.807, 2.05) is 19.2 Å². The van der Waals surface area contributed by atoms with Crippen LogP contribution in [0.25, 0.3) is 22.5 Å². The van der Waals surface area contributed by atoms with Gasteiger partial charge >= 0.3 is 6.18 Å². The highest BCUT2D eigenvalue weighted by Crippen LogP contribution is 2.41. The van der Waals surface area contributed by atoms with Gasteiger partial charge in [0.15, 0.2) is 5.82 Å². The van der Waals surface area contributed by atoms with Gasteiger partial charge in [0, 0.05) is 63.4 Å². The molecule has 2 aliphatic heterocycles. The highest BCUT2D eigenvalue weighted by molar-refractivity contribution is 5.84. The van der Waals surface area contributed by atoms with Gasteiger partial charge in [-0.3, -0.25) is 9.69 Å². The van der Waals surface area contributed by atoms with Crippen molar-refractivity contribution < 1.29 is 22.7 Å². The molecular weight excluding hydrogens is 633 g/mol. The van der Waals surface area contributed by atoms with Crippen molar-refractivity contribution in [2.45, 2.75) is 38.5 Å². The maximum Gasteiger partial charge on any atom is 0.416 e. The van der Waals surface area contributed by atoms with Gasteiger partial charge < -0.3 is 19.5 Å². The Balaban J connectivity index is 1.24. The SMILES string of the molecule is CN(Cc1c(C=O)cc(CN2CC3(COC3)C2)cc1C(F)(F)F)c1cc(-c2cc(C#N)ccc2-c2nncn2C)cc(NCCC2CC2)n1. The van der Waals surface area contributed by atoms with E-state index in [2.05, 4.69) is 26.5 Å². The normalized spacial score (nSPS) is 16.9. The highest BCUT2D eigenvalue weighted by atomic mass is 19.4. The number of nitrogens with one attached hydrogen (secondary N) is 1. The van der Waals surface area contributed by atoms with Gasteiger partial charge in [-0.05, 0) is 77.1 Å². The predicted octanol–water partition coefficient (Wildman–Crippen LogP) is 5.93. The van der Waals surface area contributed by atoms with Gasteiger partial charge in [0.05, 0.1) is 30.4 Å². The van der Waals surface area contributed by atoms with Crippen molar-refractivity contribution >= 4 is 17.9 Å². The fourth-order valence-electron chi connectivity index (χ4n) is 6.89. The van der Waals surface area contributed by atoms with Crippen LogP contribution >= 0.6 is 0 Å². The maximum absolute atomic E-state index is 14.6. The third-order valence-corrected chi connectivity index (χ3v) is 9.68. The summed E-state index contributed by atoms with van der Waals surface area (Å²) < 4.78 is 51.0. The lowest BCUT2D eigenvalue weighted by Gasteiger charge is -2.55. The number of alkyl halides is 3. The molecule has 1 saturated carbocycles. The lowest BCUT2D eigenvalue weighted by atomic mass is 9.78. The molecule has 1 spiro atoms. The molecule has 4 aromatic rings. The number of nitriles is 1. The molecule has 0 radical (unpaired) electrons. The number of benzene rings is 2. The van der Waals surface area contributed by atoms with Gasteiger partial charge in [0.2, 0.25) is 0 Å². The zero-order valence-electron chi connectivity index (χ0n) is 27.4. The molecule has 0 bridgehead atoms. The molecule has 2 saturated heterocycles. The predicted molar refractivity (Wildman–Crippen MR) is 178 cm³/mol. The number of aryl methyl sites for hydroxylation is 1. The Labute approximate surface area is 282 Å². The quantitative estimate of drug-likeness (QED) is 0.184. The summed E-state index contributed by atoms with van der Waals surface area (Å²) in [5.41, 5.74) is 2.22. The van der Waals surface area contributed by atoms with Gasteiger partial charge in [0.1, 0.15) is 24.2 Å². The van der Waals surface area contributed by atoms with E-state index in [9.17, 15) is 23.2 Å². The highest BCUT2D eigenvalue weighted by Gasteiger charge is 2.48. The van der Waals surface area contributed by atoms with Crippen LogP contribution in [0.1, 0.15) is 51.9 Å². The van der Waals surface area contributed by atoms with E-state index in [1.165, 1.54) is 18.9 Å². The van der Waals surface area contributed by atoms with E-state index in [-0.39, 0.29) is 23.1 Å². The van der Waals surface area contributed by atoms with Crippen LogP contribution in [0.3, 0.4) is 0 Å². The number of halogens is 3. The monoisotopic (exact) mass is 670 g/mol. The van der Waals surface area contributed by atoms with Crippen LogP contribution in [0.4, 0.5) is 24.8 Å². The molecule has 4 heterocycles. The summed E-state index contributed by atoms with van der Waals surface area (Å²) in [5.74, 6) is 2.24. The van der Waals surface area contributed by atoms with Crippen molar-refractivity contribution in [2.75, 3.05) is 50.1 Å². The van der Waals surface area contributed by atoms with E-state index in [0.29, 0.717) is 78.2 Å². The van der Waals surface area contributed by atoms with Gasteiger partial charge in [-0.25, -0.2) is 4.98 Å². The van der Waals surface area contributed by atoms with Crippen LogP contribution in [0.2, 0.25) is 0 Å². The number of rotatable bonds is 12. The standard InChI is InChI=1S/C36H37F3N8O2/c1-45(16-30-27(17-48)9-25(11-31(30)36(37,38)39)15-47-18-35(19-47)20-49-21-35)33-13-26(12-32(43-33)41-8-7-23-3-4-23)29-10-24(14-40)5-6-28(29)34-44-42-22-46(34)2/h5-6,9-13,17,22-23H,3-4,7-8,15-16,18-21H2,1-2H3,(H,41,43). The number of carbonyl (C=O) groups is 1. The molecule has 0 atom stereocenters. The Morgan fingerprint density at radius 2 is 1.94 bits per heavy atom. The molecule has 13 heteroatoms. The van der Waals surface area contributed by atoms with Gasteiger partial charge in [-0.2, -0.15) is 18.4 Å². The zero-order valence-corrected chi connectivity index (χ0v) is 27.4. The molecule has 49 heavy (non-hydrogen) atoms. The molecule has 1 N–H and O–H groups in total. The van der Waals surface area contributed by atoms with Gasteiger partial charge in [-0.1, -0.05) is 12.8 Å². The van der Waals surface area contributed by atoms with Crippen LogP contribution < -0.4 is 10.2 Å². The minimum atomic E-state index is -4.67. The number of hydrogen-bond donors (Lipinski definition) is 1. The van der Waals surface area contributed by atoms with Crippen LogP contribution in [0.15, 0.2) is 48.8 Å². The minimum absolute atomic E-state index is 0.00381. The third-order valence-electron chi connectivity index (χ3n) is 9.68. The lowest BCUT2D eigenvalue weighted by molar-refractivity contribution is -0.191. The molecule has 7 rings (SSSR count). The number of carbonyl (C=O) groups excluding carboxylic acids is 1. The van der Waals surface area contributed by atoms with E-state index < -0.39 is 11.7 Å². The van der Waals surface area contributed by atoms with Crippen LogP contribution in [-0.2, 0) is 31.1 Å². The summed E-state index contributed by atoms with van der Waals surface area (Å²) >= 11 is 0. The Bertz CT molecular complexity index is 1920. The Morgan fingerprint density at radius 3 is 2.57 bits per heavy atom. The van der Waals surface area contributed by atoms with Gasteiger partial charge in [0.25, 0.3) is 0 Å². The number of ether oxygens (including phenoxy) is 1. The molecule has 2 aromatic carbocycles. The number of anilines is 2. The number of pyridine rings is 1. The number of likely N-dealkylation sites (tertiary alicyclic amines) is 1. The van der Waals surface area contributed by atoms with E-state index >= 15 is 0 Å². The number of nitrogens with zero attached hydrogens (tertiary/aromatic N) is 7. The summed E-state index contributed by atoms with van der Waals surface area (Å²) in [4.78, 5) is 20.8. The van der Waals surface area contributed by atoms with Crippen LogP contribution in [0, 0.1) is 22.7 Å². The van der Waals surface area contributed by atoms with Crippen molar-refractivity contribution in [1.29, 1.82) is 5.26 Å². The van der Waals surface area contributed by atoms with Crippen molar-refractivity contribution in [3.05, 3.63) is 76.6 Å². The minimum Gasteiger partial charge on any atom is -0.380 e. The molecule has 1 aliphatic carbocycles. The van der Waals surface area contributed by atoms with Crippen molar-refractivity contribution in [3.63, 3.8) is 0 Å². The van der Waals surface area contributed by atoms with Crippen molar-refractivity contribution in [3.8, 4) is 28.6 Å². The topological polar surface area (TPSA) is 112 Å². The molecule has 10 nitrogen and oxygen atoms in total. The first kappa shape index (κ1) is 32.7. The molecule has 3 aliphatic rings. The lowest BCUT2D eigenvalue weighted by Crippen LogP contribution is -2.65. The summed E-state index contributed by atoms with van der Waals surface area (Å²) in [6.45, 7) is 3.71. The molecule has 0 unspecified atom stereocenters. The second kappa shape index (κ2) is 12.9. The van der Waals surface area contributed by atoms with Crippen molar-refractivity contribution in [1.82, 2.24) is 24.6 Å². The first-order valence-electron chi connectivity index (χ1n) is 16.4. The first-order chi connectivity index (χ1) is 23.5. The van der Waals surface area contributed by atoms with Gasteiger partial charge in [-0.15, -0.1) is 10.2 Å². The average molecular weight is 671 g/mol. The van der Waals surface area contributed by atoms with Crippen LogP contribution in [-0.4, -0.2) is 70.8 Å². The Hall–Kier alpha value is -4.80. The first-order valence-corrected chi connectivity index (χ1v) is 16.4. The smallest absolute Gasteiger partial charge is 0.380 e. The molecule has 2 aromatic heterocycles. The molecule has 254 valence electrons. The van der Waals surface area contributed by atoms with E-state index in [4.69, 9.17) is 9.72 Å². The maximum atomic E-state index is 14.6. The summed E-state index contributed by atoms with van der Waals surface area (Å²) in [5, 5.41) is 21.4. The summed E-state index contributed by atoms with van der Waals surface area (Å²) in [6.07, 6.45) is 0.827. The Kier molecular flexibility index (Phi) is 8.62. The fourth-order valence-corrected chi connectivity index (χ4v) is 6.89. The number of hydrogen-bond acceptors (Lipinski definition) is 9. The zero-order chi connectivity index (χ0) is 34.3. The Morgan fingerprint density at radius 1 is 1.14 bits per heavy atom. The largest absolute Gasteiger partial charge is 0.416 e. The molecular formula is C36H37F3N8O2. The van der Waals surface area contributed by atoms with E-state index in [0.717, 1.165) is 25.1 Å². The number of aromatic nitrogens is 4. The molecule has 0 amide bonds. The number of aldehydes is 1.